The number of thiophene rings is 1. The molecule has 148 valence electrons. The summed E-state index contributed by atoms with van der Waals surface area (Å²) >= 11 is 13.4. The van der Waals surface area contributed by atoms with Gasteiger partial charge in [0, 0.05) is 11.0 Å². The minimum absolute atomic E-state index is 0.314. The van der Waals surface area contributed by atoms with Crippen LogP contribution in [0.2, 0.25) is 10.0 Å². The molecule has 0 bridgehead atoms. The molecule has 2 aromatic rings. The highest BCUT2D eigenvalue weighted by Crippen LogP contribution is 2.37. The zero-order valence-electron chi connectivity index (χ0n) is 15.5. The van der Waals surface area contributed by atoms with Crippen LogP contribution in [0.1, 0.15) is 52.0 Å². The molecule has 0 saturated heterocycles. The first-order valence-electron chi connectivity index (χ1n) is 9.16. The molecule has 0 fully saturated rings. The van der Waals surface area contributed by atoms with Crippen LogP contribution in [-0.4, -0.2) is 19.0 Å². The van der Waals surface area contributed by atoms with E-state index in [-0.39, 0.29) is 5.91 Å². The maximum Gasteiger partial charge on any atom is 0.341 e. The van der Waals surface area contributed by atoms with Gasteiger partial charge >= 0.3 is 5.97 Å². The summed E-state index contributed by atoms with van der Waals surface area (Å²) < 4.78 is 4.98. The Hall–Kier alpha value is -1.82. The highest BCUT2D eigenvalue weighted by atomic mass is 35.5. The second-order valence-electron chi connectivity index (χ2n) is 6.61. The normalized spacial score (nSPS) is 14.2. The van der Waals surface area contributed by atoms with Crippen LogP contribution in [0, 0.1) is 0 Å². The van der Waals surface area contributed by atoms with Crippen molar-refractivity contribution in [3.05, 3.63) is 55.9 Å². The average molecular weight is 438 g/mol. The molecule has 1 aromatic carbocycles. The Bertz CT molecular complexity index is 921. The maximum atomic E-state index is 12.4. The molecule has 1 heterocycles. The van der Waals surface area contributed by atoms with Crippen LogP contribution >= 0.6 is 34.5 Å². The Balaban J connectivity index is 1.83. The van der Waals surface area contributed by atoms with Gasteiger partial charge in [-0.2, -0.15) is 0 Å². The Morgan fingerprint density at radius 2 is 1.86 bits per heavy atom. The van der Waals surface area contributed by atoms with E-state index >= 15 is 0 Å². The minimum atomic E-state index is -0.401. The topological polar surface area (TPSA) is 55.4 Å². The number of carbonyl (C=O) groups excluding carboxylic acids is 2. The Labute approximate surface area is 178 Å². The lowest BCUT2D eigenvalue weighted by Crippen LogP contribution is -2.12. The molecule has 1 aromatic heterocycles. The van der Waals surface area contributed by atoms with Crippen molar-refractivity contribution in [2.75, 3.05) is 12.4 Å². The molecule has 1 N–H and O–H groups in total. The molecule has 28 heavy (non-hydrogen) atoms. The number of anilines is 1. The number of hydrogen-bond donors (Lipinski definition) is 1. The molecule has 0 atom stereocenters. The summed E-state index contributed by atoms with van der Waals surface area (Å²) in [5.41, 5.74) is 2.29. The van der Waals surface area contributed by atoms with Crippen LogP contribution in [0.4, 0.5) is 5.00 Å². The summed E-state index contributed by atoms with van der Waals surface area (Å²) in [7, 11) is 1.37. The summed E-state index contributed by atoms with van der Waals surface area (Å²) in [6.07, 6.45) is 9.32. The summed E-state index contributed by atoms with van der Waals surface area (Å²) in [6.45, 7) is 0. The number of nitrogens with one attached hydrogen (secondary N) is 1. The Morgan fingerprint density at radius 1 is 1.11 bits per heavy atom. The van der Waals surface area contributed by atoms with Gasteiger partial charge in [-0.15, -0.1) is 11.3 Å². The fraction of sp³-hybridized carbons (Fsp3) is 0.333. The van der Waals surface area contributed by atoms with Gasteiger partial charge in [-0.05, 0) is 55.0 Å². The van der Waals surface area contributed by atoms with Crippen molar-refractivity contribution < 1.29 is 14.3 Å². The highest BCUT2D eigenvalue weighted by Gasteiger charge is 2.25. The van der Waals surface area contributed by atoms with Crippen molar-refractivity contribution in [2.45, 2.75) is 38.5 Å². The van der Waals surface area contributed by atoms with Gasteiger partial charge in [0.05, 0.1) is 22.7 Å². The number of carbonyl (C=O) groups is 2. The monoisotopic (exact) mass is 437 g/mol. The zero-order valence-corrected chi connectivity index (χ0v) is 17.8. The van der Waals surface area contributed by atoms with Crippen LogP contribution in [0.15, 0.2) is 24.3 Å². The third-order valence-electron chi connectivity index (χ3n) is 4.67. The maximum absolute atomic E-state index is 12.4. The molecular weight excluding hydrogens is 417 g/mol. The van der Waals surface area contributed by atoms with E-state index < -0.39 is 5.97 Å². The standard InChI is InChI=1S/C21H21Cl2NO3S/c1-27-21(26)19-14-6-4-2-3-5-7-17(14)28-20(19)24-18(25)11-9-13-8-10-15(22)16(23)12-13/h8-12H,2-7H2,1H3,(H,24,25)/b11-9+. The van der Waals surface area contributed by atoms with Gasteiger partial charge in [0.1, 0.15) is 5.00 Å². The lowest BCUT2D eigenvalue weighted by atomic mass is 9.96. The summed E-state index contributed by atoms with van der Waals surface area (Å²) in [6, 6.07) is 5.13. The first-order chi connectivity index (χ1) is 13.5. The Kier molecular flexibility index (Phi) is 7.16. The number of rotatable bonds is 4. The van der Waals surface area contributed by atoms with Gasteiger partial charge in [0.25, 0.3) is 0 Å². The van der Waals surface area contributed by atoms with Gasteiger partial charge in [-0.3, -0.25) is 4.79 Å². The van der Waals surface area contributed by atoms with E-state index in [2.05, 4.69) is 5.32 Å². The number of esters is 1. The van der Waals surface area contributed by atoms with E-state index in [4.69, 9.17) is 27.9 Å². The van der Waals surface area contributed by atoms with Gasteiger partial charge in [0.2, 0.25) is 5.91 Å². The second-order valence-corrected chi connectivity index (χ2v) is 8.53. The molecule has 0 aliphatic heterocycles. The quantitative estimate of drug-likeness (QED) is 0.460. The number of hydrogen-bond acceptors (Lipinski definition) is 4. The van der Waals surface area contributed by atoms with Crippen molar-refractivity contribution in [1.29, 1.82) is 0 Å². The van der Waals surface area contributed by atoms with Crippen molar-refractivity contribution in [1.82, 2.24) is 0 Å². The number of amides is 1. The van der Waals surface area contributed by atoms with Crippen molar-refractivity contribution >= 4 is 57.5 Å². The lowest BCUT2D eigenvalue weighted by molar-refractivity contribution is -0.111. The van der Waals surface area contributed by atoms with Crippen LogP contribution in [0.25, 0.3) is 6.08 Å². The van der Waals surface area contributed by atoms with Crippen molar-refractivity contribution in [3.8, 4) is 0 Å². The van der Waals surface area contributed by atoms with Crippen LogP contribution in [0.5, 0.6) is 0 Å². The van der Waals surface area contributed by atoms with Crippen molar-refractivity contribution in [2.24, 2.45) is 0 Å². The third kappa shape index (κ3) is 4.96. The second kappa shape index (κ2) is 9.59. The first kappa shape index (κ1) is 20.9. The number of benzene rings is 1. The molecule has 3 rings (SSSR count). The summed E-state index contributed by atoms with van der Waals surface area (Å²) in [4.78, 5) is 26.0. The Morgan fingerprint density at radius 3 is 2.57 bits per heavy atom. The van der Waals surface area contributed by atoms with Crippen LogP contribution < -0.4 is 5.32 Å². The largest absolute Gasteiger partial charge is 0.465 e. The van der Waals surface area contributed by atoms with E-state index in [0.717, 1.165) is 43.2 Å². The van der Waals surface area contributed by atoms with E-state index in [1.54, 1.807) is 24.3 Å². The highest BCUT2D eigenvalue weighted by molar-refractivity contribution is 7.17. The first-order valence-corrected chi connectivity index (χ1v) is 10.7. The third-order valence-corrected chi connectivity index (χ3v) is 6.61. The SMILES string of the molecule is COC(=O)c1c(NC(=O)/C=C/c2ccc(Cl)c(Cl)c2)sc2c1CCCCCC2. The van der Waals surface area contributed by atoms with Gasteiger partial charge in [-0.1, -0.05) is 42.1 Å². The number of ether oxygens (including phenoxy) is 1. The molecule has 4 nitrogen and oxygen atoms in total. The van der Waals surface area contributed by atoms with Crippen molar-refractivity contribution in [3.63, 3.8) is 0 Å². The smallest absolute Gasteiger partial charge is 0.341 e. The molecule has 1 aliphatic carbocycles. The molecule has 7 heteroatoms. The van der Waals surface area contributed by atoms with E-state index in [1.165, 1.54) is 35.8 Å². The molecule has 0 unspecified atom stereocenters. The fourth-order valence-electron chi connectivity index (χ4n) is 3.27. The number of halogens is 2. The molecule has 1 aliphatic rings. The zero-order chi connectivity index (χ0) is 20.1. The predicted molar refractivity (Wildman–Crippen MR) is 116 cm³/mol. The molecule has 0 spiro atoms. The van der Waals surface area contributed by atoms with E-state index in [1.807, 2.05) is 0 Å². The van der Waals surface area contributed by atoms with Crippen LogP contribution in [-0.2, 0) is 22.4 Å². The van der Waals surface area contributed by atoms with Gasteiger partial charge < -0.3 is 10.1 Å². The summed E-state index contributed by atoms with van der Waals surface area (Å²) in [5.74, 6) is -0.715. The lowest BCUT2D eigenvalue weighted by Gasteiger charge is -2.10. The molecule has 1 amide bonds. The van der Waals surface area contributed by atoms with Gasteiger partial charge in [-0.25, -0.2) is 4.79 Å². The summed E-state index contributed by atoms with van der Waals surface area (Å²) in [5, 5.41) is 4.30. The van der Waals surface area contributed by atoms with E-state index in [9.17, 15) is 9.59 Å². The van der Waals surface area contributed by atoms with Crippen LogP contribution in [0.3, 0.4) is 0 Å². The predicted octanol–water partition coefficient (Wildman–Crippen LogP) is 6.15. The number of aryl methyl sites for hydroxylation is 1. The van der Waals surface area contributed by atoms with E-state index in [0.29, 0.717) is 20.6 Å². The van der Waals surface area contributed by atoms with Gasteiger partial charge in [0.15, 0.2) is 0 Å². The molecule has 0 saturated carbocycles. The number of fused-ring (bicyclic) bond motifs is 1. The fourth-order valence-corrected chi connectivity index (χ4v) is 4.85. The number of methoxy groups -OCH3 is 1. The molecular formula is C21H21Cl2NO3S. The minimum Gasteiger partial charge on any atom is -0.465 e. The molecule has 0 radical (unpaired) electrons. The average Bonchev–Trinajstić information content (AvgIpc) is 2.98.